The van der Waals surface area contributed by atoms with Gasteiger partial charge in [0.25, 0.3) is 0 Å². The molecule has 3 rings (SSSR count). The lowest BCUT2D eigenvalue weighted by Gasteiger charge is -2.46. The first-order valence-corrected chi connectivity index (χ1v) is 6.59. The number of fused-ring (bicyclic) bond motifs is 2. The smallest absolute Gasteiger partial charge is 0.0607 e. The fraction of sp³-hybridized carbons (Fsp3) is 1.00. The second-order valence-electron chi connectivity index (χ2n) is 5.54. The molecule has 2 saturated carbocycles. The number of hydrogen-bond donors (Lipinski definition) is 0. The molecule has 0 aromatic rings. The van der Waals surface area contributed by atoms with Crippen molar-refractivity contribution < 1.29 is 4.74 Å². The van der Waals surface area contributed by atoms with E-state index < -0.39 is 0 Å². The van der Waals surface area contributed by atoms with Gasteiger partial charge in [0.05, 0.1) is 12.2 Å². The molecule has 1 aliphatic heterocycles. The lowest BCUT2D eigenvalue weighted by molar-refractivity contribution is -0.140. The van der Waals surface area contributed by atoms with Crippen LogP contribution in [0.25, 0.3) is 0 Å². The van der Waals surface area contributed by atoms with Gasteiger partial charge >= 0.3 is 0 Å². The van der Waals surface area contributed by atoms with Crippen molar-refractivity contribution in [3.8, 4) is 0 Å². The van der Waals surface area contributed by atoms with E-state index >= 15 is 0 Å². The molecule has 1 heterocycles. The Balaban J connectivity index is 1.68. The normalized spacial score (nSPS) is 48.0. The highest BCUT2D eigenvalue weighted by molar-refractivity contribution is 4.88. The van der Waals surface area contributed by atoms with Gasteiger partial charge in [0, 0.05) is 0 Å². The van der Waals surface area contributed by atoms with Crippen molar-refractivity contribution in [3.63, 3.8) is 0 Å². The number of hydrogen-bond acceptors (Lipinski definition) is 1. The number of ether oxygens (including phenoxy) is 1. The molecule has 3 fully saturated rings. The summed E-state index contributed by atoms with van der Waals surface area (Å²) in [5, 5.41) is 0. The van der Waals surface area contributed by atoms with E-state index in [-0.39, 0.29) is 0 Å². The van der Waals surface area contributed by atoms with Gasteiger partial charge < -0.3 is 4.74 Å². The standard InChI is InChI=1S/C13H22O/c1-3-7-12-10(5-1)9-11-6-2-4-8-13(11)14-12/h10-13H,1-9H2/t10-,11-,12-,13-/m1/s1. The van der Waals surface area contributed by atoms with Crippen molar-refractivity contribution in [1.29, 1.82) is 0 Å². The van der Waals surface area contributed by atoms with Gasteiger partial charge in [-0.1, -0.05) is 25.7 Å². The summed E-state index contributed by atoms with van der Waals surface area (Å²) in [6.45, 7) is 0. The monoisotopic (exact) mass is 194 g/mol. The molecule has 0 aromatic carbocycles. The fourth-order valence-electron chi connectivity index (χ4n) is 3.86. The van der Waals surface area contributed by atoms with Gasteiger partial charge in [-0.3, -0.25) is 0 Å². The first kappa shape index (κ1) is 9.21. The van der Waals surface area contributed by atoms with Crippen LogP contribution in [0.4, 0.5) is 0 Å². The summed E-state index contributed by atoms with van der Waals surface area (Å²) in [4.78, 5) is 0. The van der Waals surface area contributed by atoms with E-state index in [4.69, 9.17) is 4.74 Å². The van der Waals surface area contributed by atoms with Gasteiger partial charge in [-0.05, 0) is 43.9 Å². The van der Waals surface area contributed by atoms with Crippen LogP contribution in [0.5, 0.6) is 0 Å². The van der Waals surface area contributed by atoms with Crippen LogP contribution in [0, 0.1) is 11.8 Å². The van der Waals surface area contributed by atoms with Gasteiger partial charge in [0.1, 0.15) is 0 Å². The van der Waals surface area contributed by atoms with Crippen LogP contribution in [-0.4, -0.2) is 12.2 Å². The summed E-state index contributed by atoms with van der Waals surface area (Å²) in [6.07, 6.45) is 14.2. The lowest BCUT2D eigenvalue weighted by Crippen LogP contribution is -2.43. The highest BCUT2D eigenvalue weighted by Gasteiger charge is 2.39. The molecule has 0 amide bonds. The molecular weight excluding hydrogens is 172 g/mol. The molecule has 1 heteroatoms. The molecule has 0 radical (unpaired) electrons. The largest absolute Gasteiger partial charge is 0.374 e. The third-order valence-electron chi connectivity index (χ3n) is 4.63. The molecule has 0 bridgehead atoms. The van der Waals surface area contributed by atoms with Gasteiger partial charge in [-0.2, -0.15) is 0 Å². The van der Waals surface area contributed by atoms with E-state index in [1.165, 1.54) is 57.8 Å². The first-order chi connectivity index (χ1) is 6.93. The van der Waals surface area contributed by atoms with E-state index in [2.05, 4.69) is 0 Å². The number of rotatable bonds is 0. The van der Waals surface area contributed by atoms with Crippen molar-refractivity contribution in [3.05, 3.63) is 0 Å². The van der Waals surface area contributed by atoms with Crippen molar-refractivity contribution >= 4 is 0 Å². The van der Waals surface area contributed by atoms with E-state index in [1.54, 1.807) is 0 Å². The third kappa shape index (κ3) is 1.60. The summed E-state index contributed by atoms with van der Waals surface area (Å²) in [7, 11) is 0. The molecular formula is C13H22O. The highest BCUT2D eigenvalue weighted by atomic mass is 16.5. The van der Waals surface area contributed by atoms with Crippen molar-refractivity contribution in [2.45, 2.75) is 70.0 Å². The minimum Gasteiger partial charge on any atom is -0.374 e. The zero-order valence-electron chi connectivity index (χ0n) is 9.08. The Morgan fingerprint density at radius 3 is 1.71 bits per heavy atom. The molecule has 0 spiro atoms. The van der Waals surface area contributed by atoms with E-state index in [0.29, 0.717) is 12.2 Å². The molecule has 2 aliphatic carbocycles. The average molecular weight is 194 g/mol. The van der Waals surface area contributed by atoms with E-state index in [1.807, 2.05) is 0 Å². The summed E-state index contributed by atoms with van der Waals surface area (Å²) in [6, 6.07) is 0. The molecule has 80 valence electrons. The Kier molecular flexibility index (Phi) is 2.53. The van der Waals surface area contributed by atoms with Crippen LogP contribution in [0.2, 0.25) is 0 Å². The van der Waals surface area contributed by atoms with Gasteiger partial charge in [0.15, 0.2) is 0 Å². The first-order valence-electron chi connectivity index (χ1n) is 6.59. The van der Waals surface area contributed by atoms with Crippen LogP contribution in [0.1, 0.15) is 57.8 Å². The minimum absolute atomic E-state index is 0.656. The minimum atomic E-state index is 0.656. The van der Waals surface area contributed by atoms with E-state index in [9.17, 15) is 0 Å². The predicted molar refractivity (Wildman–Crippen MR) is 57.2 cm³/mol. The Labute approximate surface area is 87.2 Å². The van der Waals surface area contributed by atoms with Gasteiger partial charge in [-0.15, -0.1) is 0 Å². The molecule has 14 heavy (non-hydrogen) atoms. The summed E-state index contributed by atoms with van der Waals surface area (Å²) in [5.41, 5.74) is 0. The summed E-state index contributed by atoms with van der Waals surface area (Å²) < 4.78 is 6.29. The summed E-state index contributed by atoms with van der Waals surface area (Å²) >= 11 is 0. The maximum Gasteiger partial charge on any atom is 0.0607 e. The SMILES string of the molecule is C1CC[C@H]2O[C@@H]3CCCC[C@@H]3C[C@H]2C1. The molecule has 0 N–H and O–H groups in total. The fourth-order valence-corrected chi connectivity index (χ4v) is 3.86. The second kappa shape index (κ2) is 3.84. The Hall–Kier alpha value is -0.0400. The molecule has 0 unspecified atom stereocenters. The Morgan fingerprint density at radius 2 is 1.14 bits per heavy atom. The zero-order valence-corrected chi connectivity index (χ0v) is 9.08. The third-order valence-corrected chi connectivity index (χ3v) is 4.63. The van der Waals surface area contributed by atoms with E-state index in [0.717, 1.165) is 11.8 Å². The lowest BCUT2D eigenvalue weighted by atomic mass is 9.72. The highest BCUT2D eigenvalue weighted by Crippen LogP contribution is 2.43. The zero-order chi connectivity index (χ0) is 9.38. The van der Waals surface area contributed by atoms with Crippen molar-refractivity contribution in [2.24, 2.45) is 11.8 Å². The van der Waals surface area contributed by atoms with Crippen LogP contribution in [-0.2, 0) is 4.74 Å². The second-order valence-corrected chi connectivity index (χ2v) is 5.54. The molecule has 1 saturated heterocycles. The van der Waals surface area contributed by atoms with Crippen LogP contribution >= 0.6 is 0 Å². The molecule has 1 nitrogen and oxygen atoms in total. The maximum atomic E-state index is 6.29. The van der Waals surface area contributed by atoms with Crippen LogP contribution < -0.4 is 0 Å². The van der Waals surface area contributed by atoms with Gasteiger partial charge in [0.2, 0.25) is 0 Å². The predicted octanol–water partition coefficient (Wildman–Crippen LogP) is 3.52. The molecule has 4 atom stereocenters. The Morgan fingerprint density at radius 1 is 0.643 bits per heavy atom. The summed E-state index contributed by atoms with van der Waals surface area (Å²) in [5.74, 6) is 1.87. The molecule has 0 aromatic heterocycles. The van der Waals surface area contributed by atoms with Crippen molar-refractivity contribution in [2.75, 3.05) is 0 Å². The quantitative estimate of drug-likeness (QED) is 0.573. The maximum absolute atomic E-state index is 6.29. The van der Waals surface area contributed by atoms with Gasteiger partial charge in [-0.25, -0.2) is 0 Å². The van der Waals surface area contributed by atoms with Crippen molar-refractivity contribution in [1.82, 2.24) is 0 Å². The molecule has 3 aliphatic rings. The topological polar surface area (TPSA) is 9.23 Å². The van der Waals surface area contributed by atoms with Crippen LogP contribution in [0.3, 0.4) is 0 Å². The Bertz CT molecular complexity index is 159. The average Bonchev–Trinajstić information content (AvgIpc) is 2.26. The van der Waals surface area contributed by atoms with Crippen LogP contribution in [0.15, 0.2) is 0 Å².